The molecule has 0 aliphatic carbocycles. The van der Waals surface area contributed by atoms with Crippen molar-refractivity contribution in [2.45, 2.75) is 251 Å². The molecule has 0 aromatic rings. The van der Waals surface area contributed by atoms with Crippen molar-refractivity contribution >= 4 is 39.5 Å². The van der Waals surface area contributed by atoms with E-state index in [0.29, 0.717) is 32.1 Å². The zero-order chi connectivity index (χ0) is 77.4. The fourth-order valence-corrected chi connectivity index (χ4v) is 10.6. The number of unbranched alkanes of at least 4 members (excludes halogenated alkanes) is 7. The Morgan fingerprint density at radius 3 is 0.868 bits per heavy atom. The summed E-state index contributed by atoms with van der Waals surface area (Å²) in [5.41, 5.74) is 0. The molecule has 106 heavy (non-hydrogen) atoms. The molecule has 17 nitrogen and oxygen atoms in total. The van der Waals surface area contributed by atoms with Gasteiger partial charge < -0.3 is 33.8 Å². The summed E-state index contributed by atoms with van der Waals surface area (Å²) >= 11 is 0. The van der Waals surface area contributed by atoms with E-state index >= 15 is 0 Å². The lowest BCUT2D eigenvalue weighted by molar-refractivity contribution is -0.161. The highest BCUT2D eigenvalue weighted by Crippen LogP contribution is 2.45. The molecule has 0 fully saturated rings. The summed E-state index contributed by atoms with van der Waals surface area (Å²) in [5, 5.41) is 10.6. The SMILES string of the molecule is CC/C=C\C/C=C\C/C=C\C/C=C\C/C=C\C/C=C\CCC(=O)OCC(COP(=O)(O)OCC(O)COP(=O)(O)OCC(COC(=O)C/C=C\C/C=C\C/C=C\C/C=C\C/C=C\CC)OC(=O)C/C=C\C/C=C\C/C=C\C/C=C\C/C=C\CC)OC(=O)CCCCCCCCC/C=C\C/C=C\C/C=C\CC. The van der Waals surface area contributed by atoms with Crippen LogP contribution in [0.3, 0.4) is 0 Å². The third-order valence-corrected chi connectivity index (χ3v) is 16.6. The van der Waals surface area contributed by atoms with Crippen molar-refractivity contribution in [3.05, 3.63) is 231 Å². The molecule has 0 heterocycles. The van der Waals surface area contributed by atoms with E-state index in [0.717, 1.165) is 148 Å². The van der Waals surface area contributed by atoms with E-state index in [1.54, 1.807) is 24.3 Å². The van der Waals surface area contributed by atoms with Gasteiger partial charge in [0.1, 0.15) is 19.3 Å². The van der Waals surface area contributed by atoms with Crippen LogP contribution in [0, 0.1) is 0 Å². The van der Waals surface area contributed by atoms with Crippen LogP contribution in [-0.4, -0.2) is 96.7 Å². The number of rotatable bonds is 69. The Morgan fingerprint density at radius 1 is 0.274 bits per heavy atom. The average molecular weight is 1510 g/mol. The summed E-state index contributed by atoms with van der Waals surface area (Å²) in [6, 6.07) is 0. The quantitative estimate of drug-likeness (QED) is 0.0169. The van der Waals surface area contributed by atoms with Crippen LogP contribution < -0.4 is 0 Å². The van der Waals surface area contributed by atoms with Gasteiger partial charge in [-0.3, -0.25) is 37.3 Å². The molecule has 0 aromatic heterocycles. The fraction of sp³-hybridized carbons (Fsp3) is 0.517. The van der Waals surface area contributed by atoms with E-state index < -0.39 is 97.5 Å². The predicted molar refractivity (Wildman–Crippen MR) is 435 cm³/mol. The Bertz CT molecular complexity index is 2930. The summed E-state index contributed by atoms with van der Waals surface area (Å²) in [5.74, 6) is -2.62. The Kier molecular flexibility index (Phi) is 71.4. The summed E-state index contributed by atoms with van der Waals surface area (Å²) in [4.78, 5) is 72.8. The van der Waals surface area contributed by atoms with Crippen molar-refractivity contribution < 1.29 is 80.2 Å². The van der Waals surface area contributed by atoms with Crippen LogP contribution in [0.4, 0.5) is 0 Å². The third kappa shape index (κ3) is 75.4. The zero-order valence-electron chi connectivity index (χ0n) is 64.5. The molecule has 5 atom stereocenters. The van der Waals surface area contributed by atoms with Crippen molar-refractivity contribution in [2.24, 2.45) is 0 Å². The molecule has 3 N–H and O–H groups in total. The first-order valence-corrected chi connectivity index (χ1v) is 41.6. The number of carbonyl (C=O) groups excluding carboxylic acids is 4. The van der Waals surface area contributed by atoms with Gasteiger partial charge in [0.2, 0.25) is 0 Å². The Morgan fingerprint density at radius 2 is 0.528 bits per heavy atom. The first-order valence-electron chi connectivity index (χ1n) is 38.6. The highest BCUT2D eigenvalue weighted by Gasteiger charge is 2.30. The van der Waals surface area contributed by atoms with Crippen molar-refractivity contribution in [3.8, 4) is 0 Å². The molecule has 0 aliphatic heterocycles. The van der Waals surface area contributed by atoms with Crippen LogP contribution in [0.2, 0.25) is 0 Å². The number of hydrogen-bond acceptors (Lipinski definition) is 15. The maximum atomic E-state index is 13.1. The van der Waals surface area contributed by atoms with Crippen molar-refractivity contribution in [1.82, 2.24) is 0 Å². The van der Waals surface area contributed by atoms with E-state index in [-0.39, 0.29) is 25.7 Å². The van der Waals surface area contributed by atoms with Gasteiger partial charge in [0.25, 0.3) is 0 Å². The van der Waals surface area contributed by atoms with Gasteiger partial charge >= 0.3 is 39.5 Å². The minimum atomic E-state index is -5.04. The van der Waals surface area contributed by atoms with Gasteiger partial charge in [0.15, 0.2) is 12.2 Å². The van der Waals surface area contributed by atoms with E-state index in [1.165, 1.54) is 0 Å². The topological polar surface area (TPSA) is 237 Å². The minimum Gasteiger partial charge on any atom is -0.462 e. The van der Waals surface area contributed by atoms with Gasteiger partial charge in [-0.1, -0.05) is 291 Å². The molecule has 0 spiro atoms. The Labute approximate surface area is 638 Å². The number of aliphatic hydroxyl groups is 1. The largest absolute Gasteiger partial charge is 0.472 e. The second kappa shape index (κ2) is 76.3. The lowest BCUT2D eigenvalue weighted by atomic mass is 10.1. The highest BCUT2D eigenvalue weighted by molar-refractivity contribution is 7.47. The van der Waals surface area contributed by atoms with Crippen LogP contribution in [-0.2, 0) is 65.4 Å². The molecule has 19 heteroatoms. The summed E-state index contributed by atoms with van der Waals surface area (Å²) in [6.45, 7) is 4.03. The van der Waals surface area contributed by atoms with E-state index in [4.69, 9.17) is 37.0 Å². The molecule has 0 radical (unpaired) electrons. The number of phosphoric ester groups is 2. The predicted octanol–water partition coefficient (Wildman–Crippen LogP) is 22.7. The van der Waals surface area contributed by atoms with Crippen molar-refractivity contribution in [3.63, 3.8) is 0 Å². The lowest BCUT2D eigenvalue weighted by Gasteiger charge is -2.21. The summed E-state index contributed by atoms with van der Waals surface area (Å²) < 4.78 is 68.2. The van der Waals surface area contributed by atoms with E-state index in [2.05, 4.69) is 192 Å². The number of aliphatic hydroxyl groups excluding tert-OH is 1. The van der Waals surface area contributed by atoms with Crippen LogP contribution in [0.5, 0.6) is 0 Å². The molecule has 0 bridgehead atoms. The molecule has 0 saturated heterocycles. The number of phosphoric acid groups is 2. The van der Waals surface area contributed by atoms with E-state index in [9.17, 15) is 43.2 Å². The maximum absolute atomic E-state index is 13.1. The van der Waals surface area contributed by atoms with E-state index in [1.807, 2.05) is 42.5 Å². The highest BCUT2D eigenvalue weighted by atomic mass is 31.2. The van der Waals surface area contributed by atoms with Crippen molar-refractivity contribution in [1.29, 1.82) is 0 Å². The zero-order valence-corrected chi connectivity index (χ0v) is 66.3. The second-order valence-corrected chi connectivity index (χ2v) is 27.4. The van der Waals surface area contributed by atoms with Gasteiger partial charge in [-0.2, -0.15) is 0 Å². The van der Waals surface area contributed by atoms with Crippen LogP contribution in [0.25, 0.3) is 0 Å². The number of esters is 4. The lowest BCUT2D eigenvalue weighted by Crippen LogP contribution is -2.30. The Balaban J connectivity index is 5.60. The van der Waals surface area contributed by atoms with Gasteiger partial charge in [0.05, 0.1) is 39.3 Å². The average Bonchev–Trinajstić information content (AvgIpc) is 0.902. The van der Waals surface area contributed by atoms with Gasteiger partial charge in [0, 0.05) is 12.8 Å². The van der Waals surface area contributed by atoms with Gasteiger partial charge in [-0.15, -0.1) is 0 Å². The van der Waals surface area contributed by atoms with Crippen LogP contribution in [0.15, 0.2) is 231 Å². The maximum Gasteiger partial charge on any atom is 0.472 e. The van der Waals surface area contributed by atoms with Gasteiger partial charge in [-0.25, -0.2) is 9.13 Å². The summed E-state index contributed by atoms with van der Waals surface area (Å²) in [7, 11) is -10.1. The van der Waals surface area contributed by atoms with Crippen LogP contribution in [0.1, 0.15) is 233 Å². The molecule has 0 saturated carbocycles. The number of allylic oxidation sites excluding steroid dienone is 36. The minimum absolute atomic E-state index is 0.0195. The smallest absolute Gasteiger partial charge is 0.462 e. The monoisotopic (exact) mass is 1510 g/mol. The molecule has 0 rings (SSSR count). The first kappa shape index (κ1) is 99.1. The molecule has 0 aliphatic rings. The molecule has 0 amide bonds. The Hall–Kier alpha value is -6.88. The molecular weight excluding hydrogens is 1380 g/mol. The second-order valence-electron chi connectivity index (χ2n) is 24.4. The van der Waals surface area contributed by atoms with Crippen molar-refractivity contribution in [2.75, 3.05) is 39.6 Å². The molecule has 5 unspecified atom stereocenters. The first-order chi connectivity index (χ1) is 51.7. The number of carbonyl (C=O) groups is 4. The third-order valence-electron chi connectivity index (χ3n) is 14.7. The standard InChI is InChI=1S/C87H132O17P2/c1-5-9-13-17-21-25-29-33-37-39-40-42-45-48-52-56-60-64-68-72-85(90)98-78-83(104-87(92)74-70-66-62-58-54-50-46-41-38-34-30-26-22-18-14-10-6-2)80-102-106(95,96)100-76-81(88)75-99-105(93,94)101-79-82(103-86(91)73-69-65-61-57-53-49-44-36-32-28-24-20-16-12-8-4)77-97-84(89)71-67-63-59-55-51-47-43-35-31-27-23-19-15-11-7-3/h9-16,21-28,33-38,40,42-44,48,51-53,55,57,60,63-65,67,69,81-83,88H,5-8,17-20,29-32,39,41,45-47,49-50,54,56,58-59,61-62,66,68,70-80H2,1-4H3,(H,93,94)(H,95,96)/b13-9-,14-10-,15-11-,16-12-,25-21-,26-22-,27-23-,28-24-,37-33-,38-34-,42-40-,43-35-,44-36-,52-48-,55-51-,57-53-,64-60-,67-63-,69-65-. The molecular formula is C87H132O17P2. The van der Waals surface area contributed by atoms with Crippen LogP contribution >= 0.6 is 15.6 Å². The van der Waals surface area contributed by atoms with Gasteiger partial charge in [-0.05, 0) is 148 Å². The number of hydrogen-bond donors (Lipinski definition) is 3. The molecule has 0 aromatic carbocycles. The normalized spacial score (nSPS) is 15.1. The number of ether oxygens (including phenoxy) is 4. The summed E-state index contributed by atoms with van der Waals surface area (Å²) in [6.07, 6.45) is 98.3. The molecule has 592 valence electrons. The fourth-order valence-electron chi connectivity index (χ4n) is 9.00.